The molecule has 1 aromatic carbocycles. The lowest BCUT2D eigenvalue weighted by atomic mass is 10.0. The Morgan fingerprint density at radius 1 is 1.15 bits per heavy atom. The summed E-state index contributed by atoms with van der Waals surface area (Å²) in [6, 6.07) is 7.50. The van der Waals surface area contributed by atoms with Crippen molar-refractivity contribution in [1.29, 1.82) is 0 Å². The van der Waals surface area contributed by atoms with E-state index in [1.807, 2.05) is 31.2 Å². The molecule has 2 fully saturated rings. The highest BCUT2D eigenvalue weighted by Gasteiger charge is 2.39. The van der Waals surface area contributed by atoms with Crippen molar-refractivity contribution in [2.45, 2.75) is 26.2 Å². The molecule has 2 aliphatic rings. The number of anilines is 1. The second kappa shape index (κ2) is 5.27. The smallest absolute Gasteiger partial charge is 0.313 e. The van der Waals surface area contributed by atoms with Gasteiger partial charge in [0.05, 0.1) is 0 Å². The predicted octanol–water partition coefficient (Wildman–Crippen LogP) is 2.19. The third-order valence-corrected chi connectivity index (χ3v) is 4.60. The summed E-state index contributed by atoms with van der Waals surface area (Å²) in [5.41, 5.74) is 1.68. The molecule has 0 bridgehead atoms. The van der Waals surface area contributed by atoms with Crippen LogP contribution in [0.5, 0.6) is 0 Å². The molecule has 1 heterocycles. The molecule has 106 valence electrons. The molecular formula is C16H20N2O2. The van der Waals surface area contributed by atoms with Gasteiger partial charge in [-0.1, -0.05) is 24.6 Å². The van der Waals surface area contributed by atoms with E-state index in [2.05, 4.69) is 5.32 Å². The molecule has 4 nitrogen and oxygen atoms in total. The highest BCUT2D eigenvalue weighted by atomic mass is 16.2. The summed E-state index contributed by atoms with van der Waals surface area (Å²) in [5, 5.41) is 2.72. The largest absolute Gasteiger partial charge is 0.334 e. The second-order valence-electron chi connectivity index (χ2n) is 5.93. The zero-order valence-corrected chi connectivity index (χ0v) is 11.8. The molecule has 2 atom stereocenters. The number of benzene rings is 1. The van der Waals surface area contributed by atoms with Gasteiger partial charge in [0.2, 0.25) is 0 Å². The number of para-hydroxylation sites is 1. The van der Waals surface area contributed by atoms with Crippen LogP contribution in [0.15, 0.2) is 24.3 Å². The van der Waals surface area contributed by atoms with Crippen molar-refractivity contribution in [2.75, 3.05) is 18.4 Å². The Kier molecular flexibility index (Phi) is 3.47. The lowest BCUT2D eigenvalue weighted by Gasteiger charge is -2.17. The van der Waals surface area contributed by atoms with E-state index in [4.69, 9.17) is 0 Å². The fourth-order valence-corrected chi connectivity index (χ4v) is 3.43. The number of aryl methyl sites for hydroxylation is 1. The monoisotopic (exact) mass is 272 g/mol. The van der Waals surface area contributed by atoms with E-state index in [0.717, 1.165) is 18.7 Å². The number of nitrogens with zero attached hydrogens (tertiary/aromatic N) is 1. The van der Waals surface area contributed by atoms with Crippen LogP contribution in [0.2, 0.25) is 0 Å². The first-order chi connectivity index (χ1) is 9.65. The van der Waals surface area contributed by atoms with E-state index in [-0.39, 0.29) is 5.91 Å². The van der Waals surface area contributed by atoms with Crippen molar-refractivity contribution >= 4 is 17.5 Å². The number of nitrogens with one attached hydrogen (secondary N) is 1. The molecule has 1 N–H and O–H groups in total. The number of carbonyl (C=O) groups is 2. The van der Waals surface area contributed by atoms with Gasteiger partial charge in [-0.25, -0.2) is 0 Å². The van der Waals surface area contributed by atoms with Crippen molar-refractivity contribution in [1.82, 2.24) is 4.90 Å². The predicted molar refractivity (Wildman–Crippen MR) is 77.2 cm³/mol. The normalized spacial score (nSPS) is 24.6. The number of hydrogen-bond acceptors (Lipinski definition) is 2. The van der Waals surface area contributed by atoms with Crippen LogP contribution in [0.25, 0.3) is 0 Å². The molecule has 0 unspecified atom stereocenters. The van der Waals surface area contributed by atoms with E-state index in [9.17, 15) is 9.59 Å². The maximum absolute atomic E-state index is 12.2. The maximum atomic E-state index is 12.2. The molecule has 0 spiro atoms. The Hall–Kier alpha value is -1.84. The molecule has 1 aliphatic carbocycles. The number of likely N-dealkylation sites (tertiary alicyclic amines) is 1. The number of hydrogen-bond donors (Lipinski definition) is 1. The van der Waals surface area contributed by atoms with E-state index in [1.165, 1.54) is 19.3 Å². The van der Waals surface area contributed by atoms with Gasteiger partial charge in [-0.15, -0.1) is 0 Å². The van der Waals surface area contributed by atoms with Crippen molar-refractivity contribution in [3.05, 3.63) is 29.8 Å². The Balaban J connectivity index is 1.63. The molecule has 1 saturated heterocycles. The first-order valence-electron chi connectivity index (χ1n) is 7.31. The van der Waals surface area contributed by atoms with Crippen LogP contribution in [0.4, 0.5) is 5.69 Å². The molecular weight excluding hydrogens is 252 g/mol. The third-order valence-electron chi connectivity index (χ3n) is 4.60. The van der Waals surface area contributed by atoms with Gasteiger partial charge in [0.1, 0.15) is 0 Å². The summed E-state index contributed by atoms with van der Waals surface area (Å²) in [5.74, 6) is 0.331. The molecule has 1 saturated carbocycles. The molecule has 0 aromatic heterocycles. The van der Waals surface area contributed by atoms with Crippen LogP contribution in [0, 0.1) is 18.8 Å². The van der Waals surface area contributed by atoms with Gasteiger partial charge in [0.25, 0.3) is 0 Å². The Morgan fingerprint density at radius 2 is 1.80 bits per heavy atom. The molecule has 20 heavy (non-hydrogen) atoms. The Labute approximate surface area is 119 Å². The van der Waals surface area contributed by atoms with E-state index in [0.29, 0.717) is 17.5 Å². The molecule has 1 aliphatic heterocycles. The fourth-order valence-electron chi connectivity index (χ4n) is 3.43. The Morgan fingerprint density at radius 3 is 2.45 bits per heavy atom. The average Bonchev–Trinajstić information content (AvgIpc) is 3.01. The first-order valence-corrected chi connectivity index (χ1v) is 7.31. The minimum absolute atomic E-state index is 0.386. The fraction of sp³-hybridized carbons (Fsp3) is 0.500. The quantitative estimate of drug-likeness (QED) is 0.797. The van der Waals surface area contributed by atoms with E-state index < -0.39 is 5.91 Å². The summed E-state index contributed by atoms with van der Waals surface area (Å²) < 4.78 is 0. The van der Waals surface area contributed by atoms with E-state index >= 15 is 0 Å². The topological polar surface area (TPSA) is 49.4 Å². The van der Waals surface area contributed by atoms with Gasteiger partial charge in [-0.2, -0.15) is 0 Å². The van der Waals surface area contributed by atoms with E-state index in [1.54, 1.807) is 4.90 Å². The molecule has 3 rings (SSSR count). The molecule has 2 amide bonds. The van der Waals surface area contributed by atoms with Crippen LogP contribution in [-0.2, 0) is 9.59 Å². The van der Waals surface area contributed by atoms with Crippen LogP contribution in [-0.4, -0.2) is 29.8 Å². The Bertz CT molecular complexity index is 529. The SMILES string of the molecule is Cc1ccccc1NC(=O)C(=O)N1C[C@H]2CCC[C@H]2C1. The summed E-state index contributed by atoms with van der Waals surface area (Å²) in [6.45, 7) is 3.43. The van der Waals surface area contributed by atoms with Gasteiger partial charge in [0.15, 0.2) is 0 Å². The minimum atomic E-state index is -0.515. The second-order valence-corrected chi connectivity index (χ2v) is 5.93. The number of carbonyl (C=O) groups excluding carboxylic acids is 2. The van der Waals surface area contributed by atoms with Gasteiger partial charge < -0.3 is 10.2 Å². The summed E-state index contributed by atoms with van der Waals surface area (Å²) in [7, 11) is 0. The average molecular weight is 272 g/mol. The number of fused-ring (bicyclic) bond motifs is 1. The molecule has 4 heteroatoms. The van der Waals surface area contributed by atoms with Crippen molar-refractivity contribution in [2.24, 2.45) is 11.8 Å². The third kappa shape index (κ3) is 2.42. The number of amides is 2. The molecule has 1 aromatic rings. The highest BCUT2D eigenvalue weighted by molar-refractivity contribution is 6.39. The van der Waals surface area contributed by atoms with Gasteiger partial charge in [0, 0.05) is 18.8 Å². The molecule has 0 radical (unpaired) electrons. The van der Waals surface area contributed by atoms with Crippen LogP contribution < -0.4 is 5.32 Å². The maximum Gasteiger partial charge on any atom is 0.313 e. The summed E-state index contributed by atoms with van der Waals surface area (Å²) >= 11 is 0. The standard InChI is InChI=1S/C16H20N2O2/c1-11-5-2-3-8-14(11)17-15(19)16(20)18-9-12-6-4-7-13(12)10-18/h2-3,5,8,12-13H,4,6-7,9-10H2,1H3,(H,17,19)/t12-,13+. The van der Waals surface area contributed by atoms with Crippen LogP contribution >= 0.6 is 0 Å². The van der Waals surface area contributed by atoms with Crippen molar-refractivity contribution in [3.63, 3.8) is 0 Å². The minimum Gasteiger partial charge on any atom is -0.334 e. The van der Waals surface area contributed by atoms with Gasteiger partial charge in [-0.3, -0.25) is 9.59 Å². The zero-order chi connectivity index (χ0) is 14.1. The first kappa shape index (κ1) is 13.2. The van der Waals surface area contributed by atoms with Crippen LogP contribution in [0.3, 0.4) is 0 Å². The van der Waals surface area contributed by atoms with Gasteiger partial charge >= 0.3 is 11.8 Å². The van der Waals surface area contributed by atoms with Crippen LogP contribution in [0.1, 0.15) is 24.8 Å². The van der Waals surface area contributed by atoms with Gasteiger partial charge in [-0.05, 0) is 43.2 Å². The lowest BCUT2D eigenvalue weighted by molar-refractivity contribution is -0.142. The highest BCUT2D eigenvalue weighted by Crippen LogP contribution is 2.37. The lowest BCUT2D eigenvalue weighted by Crippen LogP contribution is -2.38. The summed E-state index contributed by atoms with van der Waals surface area (Å²) in [6.07, 6.45) is 3.68. The zero-order valence-electron chi connectivity index (χ0n) is 11.8. The van der Waals surface area contributed by atoms with Crippen molar-refractivity contribution in [3.8, 4) is 0 Å². The van der Waals surface area contributed by atoms with Crippen molar-refractivity contribution < 1.29 is 9.59 Å². The number of rotatable bonds is 1. The summed E-state index contributed by atoms with van der Waals surface area (Å²) in [4.78, 5) is 26.0.